The fourth-order valence-electron chi connectivity index (χ4n) is 1.11. The minimum Gasteiger partial charge on any atom is -0.338 e. The first-order valence-corrected chi connectivity index (χ1v) is 6.43. The molecule has 1 aromatic carbocycles. The average molecular weight is 275 g/mol. The molecule has 84 valence electrons. The van der Waals surface area contributed by atoms with Gasteiger partial charge in [0.25, 0.3) is 0 Å². The molecule has 6 heteroatoms. The van der Waals surface area contributed by atoms with E-state index in [4.69, 9.17) is 27.7 Å². The summed E-state index contributed by atoms with van der Waals surface area (Å²) in [4.78, 5) is 5.18. The van der Waals surface area contributed by atoms with Crippen molar-refractivity contribution in [3.63, 3.8) is 0 Å². The van der Waals surface area contributed by atoms with Gasteiger partial charge in [-0.15, -0.1) is 23.4 Å². The maximum absolute atomic E-state index is 5.87. The summed E-state index contributed by atoms with van der Waals surface area (Å²) >= 11 is 13.0. The molecule has 16 heavy (non-hydrogen) atoms. The quantitative estimate of drug-likeness (QED) is 0.629. The summed E-state index contributed by atoms with van der Waals surface area (Å²) in [7, 11) is 0. The number of rotatable bonds is 4. The van der Waals surface area contributed by atoms with E-state index in [1.54, 1.807) is 11.8 Å². The summed E-state index contributed by atoms with van der Waals surface area (Å²) in [5.41, 5.74) is 0. The molecule has 0 bridgehead atoms. The van der Waals surface area contributed by atoms with Crippen LogP contribution in [-0.2, 0) is 11.6 Å². The van der Waals surface area contributed by atoms with E-state index in [1.165, 1.54) is 0 Å². The summed E-state index contributed by atoms with van der Waals surface area (Å²) in [5, 5.41) is 4.52. The van der Waals surface area contributed by atoms with Gasteiger partial charge in [-0.2, -0.15) is 4.98 Å². The monoisotopic (exact) mass is 274 g/mol. The zero-order chi connectivity index (χ0) is 11.4. The second kappa shape index (κ2) is 5.57. The third kappa shape index (κ3) is 3.14. The molecule has 0 N–H and O–H groups in total. The Morgan fingerprint density at radius 1 is 1.38 bits per heavy atom. The van der Waals surface area contributed by atoms with Crippen LogP contribution in [0.3, 0.4) is 0 Å². The van der Waals surface area contributed by atoms with Crippen molar-refractivity contribution in [2.45, 2.75) is 16.5 Å². The van der Waals surface area contributed by atoms with Crippen molar-refractivity contribution in [1.29, 1.82) is 0 Å². The lowest BCUT2D eigenvalue weighted by Gasteiger charge is -1.98. The van der Waals surface area contributed by atoms with Gasteiger partial charge in [-0.3, -0.25) is 0 Å². The number of halogens is 2. The van der Waals surface area contributed by atoms with E-state index in [0.717, 1.165) is 9.92 Å². The molecule has 0 radical (unpaired) electrons. The Morgan fingerprint density at radius 2 is 2.25 bits per heavy atom. The van der Waals surface area contributed by atoms with Crippen LogP contribution in [0.5, 0.6) is 0 Å². The summed E-state index contributed by atoms with van der Waals surface area (Å²) in [6.07, 6.45) is 0. The SMILES string of the molecule is ClCc1nc(CSc2cccc(Cl)c2)no1. The maximum atomic E-state index is 5.87. The van der Waals surface area contributed by atoms with E-state index in [-0.39, 0.29) is 5.88 Å². The highest BCUT2D eigenvalue weighted by atomic mass is 35.5. The molecule has 0 atom stereocenters. The smallest absolute Gasteiger partial charge is 0.241 e. The van der Waals surface area contributed by atoms with Gasteiger partial charge in [-0.1, -0.05) is 22.8 Å². The van der Waals surface area contributed by atoms with E-state index < -0.39 is 0 Å². The molecule has 0 spiro atoms. The first-order valence-electron chi connectivity index (χ1n) is 4.54. The fourth-order valence-corrected chi connectivity index (χ4v) is 2.27. The first kappa shape index (κ1) is 11.8. The number of alkyl halides is 1. The van der Waals surface area contributed by atoms with Crippen LogP contribution in [0.2, 0.25) is 5.02 Å². The molecule has 0 aliphatic rings. The van der Waals surface area contributed by atoms with Crippen molar-refractivity contribution < 1.29 is 4.52 Å². The van der Waals surface area contributed by atoms with Gasteiger partial charge in [0, 0.05) is 9.92 Å². The van der Waals surface area contributed by atoms with Crippen molar-refractivity contribution in [2.24, 2.45) is 0 Å². The minimum atomic E-state index is 0.245. The third-order valence-electron chi connectivity index (χ3n) is 1.79. The van der Waals surface area contributed by atoms with Gasteiger partial charge in [-0.05, 0) is 18.2 Å². The van der Waals surface area contributed by atoms with Gasteiger partial charge in [0.2, 0.25) is 5.89 Å². The summed E-state index contributed by atoms with van der Waals surface area (Å²) in [6.45, 7) is 0. The van der Waals surface area contributed by atoms with E-state index in [0.29, 0.717) is 17.5 Å². The van der Waals surface area contributed by atoms with Crippen molar-refractivity contribution in [1.82, 2.24) is 10.1 Å². The standard InChI is InChI=1S/C10H8Cl2N2OS/c11-5-10-13-9(14-15-10)6-16-8-3-1-2-7(12)4-8/h1-4H,5-6H2. The molecule has 2 rings (SSSR count). The van der Waals surface area contributed by atoms with E-state index >= 15 is 0 Å². The molecule has 0 aliphatic carbocycles. The van der Waals surface area contributed by atoms with Crippen molar-refractivity contribution in [3.8, 4) is 0 Å². The summed E-state index contributed by atoms with van der Waals surface area (Å²) in [5.74, 6) is 1.97. The number of aromatic nitrogens is 2. The molecule has 0 saturated carbocycles. The Labute approximate surface area is 107 Å². The molecule has 2 aromatic rings. The number of nitrogens with zero attached hydrogens (tertiary/aromatic N) is 2. The summed E-state index contributed by atoms with van der Waals surface area (Å²) in [6, 6.07) is 7.63. The number of hydrogen-bond acceptors (Lipinski definition) is 4. The van der Waals surface area contributed by atoms with Crippen LogP contribution in [0.15, 0.2) is 33.7 Å². The lowest BCUT2D eigenvalue weighted by Crippen LogP contribution is -1.84. The highest BCUT2D eigenvalue weighted by Crippen LogP contribution is 2.24. The van der Waals surface area contributed by atoms with Gasteiger partial charge in [0.15, 0.2) is 5.82 Å². The van der Waals surface area contributed by atoms with E-state index in [1.807, 2.05) is 24.3 Å². The van der Waals surface area contributed by atoms with Crippen LogP contribution in [0.25, 0.3) is 0 Å². The molecule has 0 amide bonds. The van der Waals surface area contributed by atoms with Gasteiger partial charge in [-0.25, -0.2) is 0 Å². The van der Waals surface area contributed by atoms with Crippen LogP contribution in [-0.4, -0.2) is 10.1 Å². The average Bonchev–Trinajstić information content (AvgIpc) is 2.74. The maximum Gasteiger partial charge on any atom is 0.241 e. The van der Waals surface area contributed by atoms with Crippen molar-refractivity contribution >= 4 is 35.0 Å². The lowest BCUT2D eigenvalue weighted by molar-refractivity contribution is 0.386. The molecule has 0 unspecified atom stereocenters. The molecule has 0 saturated heterocycles. The number of hydrogen-bond donors (Lipinski definition) is 0. The topological polar surface area (TPSA) is 38.9 Å². The van der Waals surface area contributed by atoms with Crippen LogP contribution in [0.4, 0.5) is 0 Å². The van der Waals surface area contributed by atoms with Crippen LogP contribution in [0, 0.1) is 0 Å². The second-order valence-electron chi connectivity index (χ2n) is 2.98. The van der Waals surface area contributed by atoms with Crippen LogP contribution >= 0.6 is 35.0 Å². The molecule has 1 heterocycles. The van der Waals surface area contributed by atoms with Gasteiger partial charge < -0.3 is 4.52 Å². The lowest BCUT2D eigenvalue weighted by atomic mass is 10.4. The Bertz CT molecular complexity index is 475. The highest BCUT2D eigenvalue weighted by Gasteiger charge is 2.05. The van der Waals surface area contributed by atoms with E-state index in [9.17, 15) is 0 Å². The van der Waals surface area contributed by atoms with Gasteiger partial charge in [0.1, 0.15) is 5.88 Å². The molecule has 0 aliphatic heterocycles. The Morgan fingerprint density at radius 3 is 2.94 bits per heavy atom. The predicted octanol–water partition coefficient (Wildman–Crippen LogP) is 3.75. The van der Waals surface area contributed by atoms with E-state index in [2.05, 4.69) is 10.1 Å². The molecule has 0 fully saturated rings. The van der Waals surface area contributed by atoms with Gasteiger partial charge in [0.05, 0.1) is 5.75 Å². The Hall–Kier alpha value is -0.710. The zero-order valence-corrected chi connectivity index (χ0v) is 10.5. The summed E-state index contributed by atoms with van der Waals surface area (Å²) < 4.78 is 4.89. The molecular weight excluding hydrogens is 267 g/mol. The second-order valence-corrected chi connectivity index (χ2v) is 4.74. The van der Waals surface area contributed by atoms with Crippen molar-refractivity contribution in [2.75, 3.05) is 0 Å². The Kier molecular flexibility index (Phi) is 4.09. The van der Waals surface area contributed by atoms with Crippen LogP contribution < -0.4 is 0 Å². The minimum absolute atomic E-state index is 0.245. The third-order valence-corrected chi connectivity index (χ3v) is 3.24. The predicted molar refractivity (Wildman–Crippen MR) is 64.9 cm³/mol. The normalized spacial score (nSPS) is 10.6. The molecule has 1 aromatic heterocycles. The largest absolute Gasteiger partial charge is 0.338 e. The van der Waals surface area contributed by atoms with Crippen molar-refractivity contribution in [3.05, 3.63) is 41.0 Å². The zero-order valence-electron chi connectivity index (χ0n) is 8.19. The first-order chi connectivity index (χ1) is 7.78. The van der Waals surface area contributed by atoms with Gasteiger partial charge >= 0.3 is 0 Å². The number of benzene rings is 1. The Balaban J connectivity index is 1.96. The fraction of sp³-hybridized carbons (Fsp3) is 0.200. The van der Waals surface area contributed by atoms with Crippen LogP contribution in [0.1, 0.15) is 11.7 Å². The highest BCUT2D eigenvalue weighted by molar-refractivity contribution is 7.98. The molecule has 3 nitrogen and oxygen atoms in total. The molecular formula is C10H8Cl2N2OS. The number of thioether (sulfide) groups is 1.